The van der Waals surface area contributed by atoms with E-state index in [1.807, 2.05) is 42.5 Å². The van der Waals surface area contributed by atoms with Crippen molar-refractivity contribution < 1.29 is 24.5 Å². The van der Waals surface area contributed by atoms with Crippen LogP contribution in [0.3, 0.4) is 0 Å². The highest BCUT2D eigenvalue weighted by atomic mass is 16.5. The summed E-state index contributed by atoms with van der Waals surface area (Å²) in [6.45, 7) is 1.10. The molecule has 2 aromatic carbocycles. The van der Waals surface area contributed by atoms with E-state index >= 15 is 0 Å². The normalized spacial score (nSPS) is 19.3. The van der Waals surface area contributed by atoms with E-state index in [0.717, 1.165) is 11.1 Å². The first-order valence-corrected chi connectivity index (χ1v) is 9.73. The smallest absolute Gasteiger partial charge is 0.411 e. The Kier molecular flexibility index (Phi) is 7.08. The second-order valence-corrected chi connectivity index (χ2v) is 7.20. The van der Waals surface area contributed by atoms with Crippen LogP contribution in [0.1, 0.15) is 29.9 Å². The molecule has 2 aromatic rings. The molecule has 2 amide bonds. The number of carboxylic acid groups (broad SMARTS) is 1. The van der Waals surface area contributed by atoms with Crippen molar-refractivity contribution in [2.45, 2.75) is 25.4 Å². The van der Waals surface area contributed by atoms with Gasteiger partial charge in [-0.15, -0.1) is 0 Å². The second kappa shape index (κ2) is 9.93. The summed E-state index contributed by atoms with van der Waals surface area (Å²) < 4.78 is 5.22. The summed E-state index contributed by atoms with van der Waals surface area (Å²) in [6.07, 6.45) is -0.166. The molecule has 1 fully saturated rings. The lowest BCUT2D eigenvalue weighted by Crippen LogP contribution is -2.30. The lowest BCUT2D eigenvalue weighted by atomic mass is 9.83. The lowest BCUT2D eigenvalue weighted by molar-refractivity contribution is 0.145. The number of ether oxygens (including phenoxy) is 1. The van der Waals surface area contributed by atoms with Gasteiger partial charge in [-0.25, -0.2) is 9.59 Å². The Bertz CT molecular complexity index is 810. The average Bonchev–Trinajstić information content (AvgIpc) is 2.96. The minimum absolute atomic E-state index is 0.00833. The van der Waals surface area contributed by atoms with Gasteiger partial charge in [0.15, 0.2) is 0 Å². The first-order valence-electron chi connectivity index (χ1n) is 9.73. The van der Waals surface area contributed by atoms with E-state index in [1.165, 1.54) is 4.90 Å². The molecule has 1 heterocycles. The molecule has 1 aliphatic rings. The topological polar surface area (TPSA) is 99.1 Å². The van der Waals surface area contributed by atoms with Crippen molar-refractivity contribution in [3.63, 3.8) is 0 Å². The lowest BCUT2D eigenvalue weighted by Gasteiger charge is -2.23. The Morgan fingerprint density at radius 3 is 2.38 bits per heavy atom. The number of carbonyl (C=O) groups is 2. The molecular weight excluding hydrogens is 372 g/mol. The number of aliphatic hydroxyl groups is 1. The fourth-order valence-corrected chi connectivity index (χ4v) is 3.70. The molecule has 154 valence electrons. The molecule has 1 saturated heterocycles. The van der Waals surface area contributed by atoms with Gasteiger partial charge >= 0.3 is 12.2 Å². The molecule has 0 spiro atoms. The van der Waals surface area contributed by atoms with Gasteiger partial charge in [-0.05, 0) is 47.9 Å². The first kappa shape index (κ1) is 20.7. The van der Waals surface area contributed by atoms with Gasteiger partial charge in [0.1, 0.15) is 6.61 Å². The molecule has 29 heavy (non-hydrogen) atoms. The van der Waals surface area contributed by atoms with Crippen LogP contribution in [0.25, 0.3) is 0 Å². The van der Waals surface area contributed by atoms with Gasteiger partial charge in [0.25, 0.3) is 0 Å². The van der Waals surface area contributed by atoms with E-state index in [2.05, 4.69) is 5.32 Å². The van der Waals surface area contributed by atoms with E-state index in [9.17, 15) is 19.8 Å². The van der Waals surface area contributed by atoms with Gasteiger partial charge in [-0.1, -0.05) is 42.5 Å². The number of aliphatic hydroxyl groups excluding tert-OH is 1. The Morgan fingerprint density at radius 2 is 1.72 bits per heavy atom. The molecule has 1 aliphatic heterocycles. The molecule has 2 atom stereocenters. The van der Waals surface area contributed by atoms with Crippen molar-refractivity contribution in [2.24, 2.45) is 5.92 Å². The summed E-state index contributed by atoms with van der Waals surface area (Å²) in [5.74, 6) is 0.0810. The van der Waals surface area contributed by atoms with Gasteiger partial charge in [-0.3, -0.25) is 5.32 Å². The highest BCUT2D eigenvalue weighted by Gasteiger charge is 2.28. The van der Waals surface area contributed by atoms with Crippen LogP contribution in [-0.2, 0) is 11.3 Å². The second-order valence-electron chi connectivity index (χ2n) is 7.20. The van der Waals surface area contributed by atoms with E-state index in [0.29, 0.717) is 31.6 Å². The molecule has 0 radical (unpaired) electrons. The molecule has 0 aliphatic carbocycles. The van der Waals surface area contributed by atoms with Gasteiger partial charge in [0.05, 0.1) is 0 Å². The van der Waals surface area contributed by atoms with Crippen molar-refractivity contribution >= 4 is 17.9 Å². The Balaban J connectivity index is 1.58. The maximum Gasteiger partial charge on any atom is 0.411 e. The first-order chi connectivity index (χ1) is 14.1. The predicted molar refractivity (Wildman–Crippen MR) is 109 cm³/mol. The van der Waals surface area contributed by atoms with Gasteiger partial charge in [0, 0.05) is 25.4 Å². The van der Waals surface area contributed by atoms with E-state index in [-0.39, 0.29) is 25.0 Å². The standard InChI is InChI=1S/C22H26N2O5/c25-14-18-10-12-24(22(27)28)13-11-20(18)17-6-8-19(9-7-17)23-21(26)29-15-16-4-2-1-3-5-16/h1-9,18,20,25H,10-15H2,(H,23,26)(H,27,28)/t18-,20-/m0/s1. The number of likely N-dealkylation sites (tertiary alicyclic amines) is 1. The predicted octanol–water partition coefficient (Wildman–Crippen LogP) is 3.90. The van der Waals surface area contributed by atoms with E-state index < -0.39 is 12.2 Å². The average molecular weight is 398 g/mol. The molecule has 3 rings (SSSR count). The van der Waals surface area contributed by atoms with Crippen LogP contribution in [-0.4, -0.2) is 47.0 Å². The summed E-state index contributed by atoms with van der Waals surface area (Å²) in [7, 11) is 0. The molecule has 7 heteroatoms. The Labute approximate surface area is 169 Å². The molecule has 0 unspecified atom stereocenters. The Morgan fingerprint density at radius 1 is 1.03 bits per heavy atom. The van der Waals surface area contributed by atoms with Gasteiger partial charge < -0.3 is 19.8 Å². The maximum absolute atomic E-state index is 12.0. The SMILES string of the molecule is O=C(Nc1ccc([C@@H]2CCN(C(=O)O)CC[C@H]2CO)cc1)OCc1ccccc1. The number of hydrogen-bond donors (Lipinski definition) is 3. The van der Waals surface area contributed by atoms with Crippen LogP contribution in [0, 0.1) is 5.92 Å². The van der Waals surface area contributed by atoms with Crippen LogP contribution in [0.5, 0.6) is 0 Å². The third-order valence-corrected chi connectivity index (χ3v) is 5.35. The number of hydrogen-bond acceptors (Lipinski definition) is 4. The minimum Gasteiger partial charge on any atom is -0.465 e. The summed E-state index contributed by atoms with van der Waals surface area (Å²) in [4.78, 5) is 24.6. The highest BCUT2D eigenvalue weighted by molar-refractivity contribution is 5.84. The van der Waals surface area contributed by atoms with Crippen molar-refractivity contribution in [3.05, 3.63) is 65.7 Å². The Hall–Kier alpha value is -3.06. The van der Waals surface area contributed by atoms with Crippen molar-refractivity contribution in [1.29, 1.82) is 0 Å². The maximum atomic E-state index is 12.0. The third kappa shape index (κ3) is 5.71. The van der Waals surface area contributed by atoms with Crippen LogP contribution >= 0.6 is 0 Å². The van der Waals surface area contributed by atoms with Crippen molar-refractivity contribution in [3.8, 4) is 0 Å². The van der Waals surface area contributed by atoms with E-state index in [1.54, 1.807) is 12.1 Å². The van der Waals surface area contributed by atoms with Crippen LogP contribution in [0.4, 0.5) is 15.3 Å². The fraction of sp³-hybridized carbons (Fsp3) is 0.364. The third-order valence-electron chi connectivity index (χ3n) is 5.35. The fourth-order valence-electron chi connectivity index (χ4n) is 3.70. The van der Waals surface area contributed by atoms with Gasteiger partial charge in [0.2, 0.25) is 0 Å². The summed E-state index contributed by atoms with van der Waals surface area (Å²) in [5.41, 5.74) is 2.56. The van der Waals surface area contributed by atoms with Crippen LogP contribution < -0.4 is 5.32 Å². The number of amides is 2. The number of anilines is 1. The molecule has 0 bridgehead atoms. The quantitative estimate of drug-likeness (QED) is 0.709. The zero-order valence-electron chi connectivity index (χ0n) is 16.2. The highest BCUT2D eigenvalue weighted by Crippen LogP contribution is 2.33. The van der Waals surface area contributed by atoms with Gasteiger partial charge in [-0.2, -0.15) is 0 Å². The number of benzene rings is 2. The molecule has 7 nitrogen and oxygen atoms in total. The minimum atomic E-state index is -0.920. The largest absolute Gasteiger partial charge is 0.465 e. The van der Waals surface area contributed by atoms with Crippen LogP contribution in [0.15, 0.2) is 54.6 Å². The number of nitrogens with zero attached hydrogens (tertiary/aromatic N) is 1. The summed E-state index contributed by atoms with van der Waals surface area (Å²) in [5, 5.41) is 21.7. The summed E-state index contributed by atoms with van der Waals surface area (Å²) >= 11 is 0. The zero-order chi connectivity index (χ0) is 20.6. The van der Waals surface area contributed by atoms with Crippen molar-refractivity contribution in [2.75, 3.05) is 25.0 Å². The van der Waals surface area contributed by atoms with E-state index in [4.69, 9.17) is 4.74 Å². The number of carbonyl (C=O) groups excluding carboxylic acids is 1. The molecule has 0 aromatic heterocycles. The molecule has 0 saturated carbocycles. The molecular formula is C22H26N2O5. The summed E-state index contributed by atoms with van der Waals surface area (Å²) in [6, 6.07) is 16.9. The number of rotatable bonds is 5. The molecule has 3 N–H and O–H groups in total. The van der Waals surface area contributed by atoms with Crippen LogP contribution in [0.2, 0.25) is 0 Å². The monoisotopic (exact) mass is 398 g/mol. The number of nitrogens with one attached hydrogen (secondary N) is 1. The zero-order valence-corrected chi connectivity index (χ0v) is 16.2. The van der Waals surface area contributed by atoms with Crippen molar-refractivity contribution in [1.82, 2.24) is 4.90 Å².